The molecule has 182 valence electrons. The molecule has 1 N–H and O–H groups in total. The summed E-state index contributed by atoms with van der Waals surface area (Å²) in [5.74, 6) is -0.189. The molecule has 0 saturated carbocycles. The van der Waals surface area contributed by atoms with Crippen molar-refractivity contribution in [2.75, 3.05) is 18.6 Å². The number of hydrogen-bond donors (Lipinski definition) is 1. The second-order valence-corrected chi connectivity index (χ2v) is 8.64. The maximum Gasteiger partial charge on any atom is 0.274 e. The lowest BCUT2D eigenvalue weighted by atomic mass is 10.1. The number of nitrogens with zero attached hydrogens (tertiary/aromatic N) is 4. The predicted octanol–water partition coefficient (Wildman–Crippen LogP) is 2.52. The minimum Gasteiger partial charge on any atom is -0.497 e. The fraction of sp³-hybridized carbons (Fsp3) is 0.222. The number of ether oxygens (including phenoxy) is 1. The molecule has 1 atom stereocenters. The average molecular weight is 484 g/mol. The molecule has 1 aliphatic rings. The molecule has 9 nitrogen and oxygen atoms in total. The highest BCUT2D eigenvalue weighted by atomic mass is 16.5. The quantitative estimate of drug-likeness (QED) is 0.433. The standard InChI is InChI=1S/C27H25N5O4/c1-36-21-8-4-7-20(13-21)31-17-19(12-25(31)33)26(34)29-15-24-22-9-2-3-10-23(22)27(35)32(30-24)16-18-6-5-11-28-14-18/h2-11,13-14,19H,12,15-17H2,1H3,(H,29,34). The van der Waals surface area contributed by atoms with E-state index in [0.717, 1.165) is 5.56 Å². The molecule has 0 bridgehead atoms. The summed E-state index contributed by atoms with van der Waals surface area (Å²) in [4.78, 5) is 44.4. The normalized spacial score (nSPS) is 15.3. The highest BCUT2D eigenvalue weighted by Crippen LogP contribution is 2.28. The van der Waals surface area contributed by atoms with Gasteiger partial charge < -0.3 is 15.0 Å². The van der Waals surface area contributed by atoms with Crippen LogP contribution in [0.4, 0.5) is 5.69 Å². The van der Waals surface area contributed by atoms with Gasteiger partial charge in [0.2, 0.25) is 11.8 Å². The van der Waals surface area contributed by atoms with Gasteiger partial charge in [-0.2, -0.15) is 5.10 Å². The van der Waals surface area contributed by atoms with E-state index < -0.39 is 5.92 Å². The number of carbonyl (C=O) groups is 2. The van der Waals surface area contributed by atoms with Gasteiger partial charge in [0.1, 0.15) is 5.75 Å². The zero-order chi connectivity index (χ0) is 25.1. The van der Waals surface area contributed by atoms with Crippen LogP contribution in [-0.4, -0.2) is 40.2 Å². The maximum atomic E-state index is 13.0. The van der Waals surface area contributed by atoms with Crippen molar-refractivity contribution in [2.24, 2.45) is 5.92 Å². The molecule has 2 aromatic heterocycles. The van der Waals surface area contributed by atoms with Gasteiger partial charge in [-0.3, -0.25) is 19.4 Å². The molecule has 9 heteroatoms. The van der Waals surface area contributed by atoms with E-state index in [-0.39, 0.29) is 43.4 Å². The number of pyridine rings is 1. The molecule has 0 spiro atoms. The Morgan fingerprint density at radius 2 is 1.92 bits per heavy atom. The average Bonchev–Trinajstić information content (AvgIpc) is 3.31. The molecular weight excluding hydrogens is 458 g/mol. The molecule has 0 radical (unpaired) electrons. The fourth-order valence-corrected chi connectivity index (χ4v) is 4.43. The van der Waals surface area contributed by atoms with Crippen molar-refractivity contribution in [3.63, 3.8) is 0 Å². The summed E-state index contributed by atoms with van der Waals surface area (Å²) < 4.78 is 6.64. The lowest BCUT2D eigenvalue weighted by molar-refractivity contribution is -0.126. The summed E-state index contributed by atoms with van der Waals surface area (Å²) >= 11 is 0. The summed E-state index contributed by atoms with van der Waals surface area (Å²) in [6.45, 7) is 0.689. The smallest absolute Gasteiger partial charge is 0.274 e. The second kappa shape index (κ2) is 9.99. The lowest BCUT2D eigenvalue weighted by Crippen LogP contribution is -2.34. The molecular formula is C27H25N5O4. The third-order valence-corrected chi connectivity index (χ3v) is 6.29. The Morgan fingerprint density at radius 3 is 2.69 bits per heavy atom. The van der Waals surface area contributed by atoms with E-state index in [1.807, 2.05) is 30.3 Å². The molecule has 1 aliphatic heterocycles. The Hall–Kier alpha value is -4.53. The van der Waals surface area contributed by atoms with Gasteiger partial charge in [0.25, 0.3) is 5.56 Å². The molecule has 1 unspecified atom stereocenters. The molecule has 2 aromatic carbocycles. The highest BCUT2D eigenvalue weighted by Gasteiger charge is 2.35. The largest absolute Gasteiger partial charge is 0.497 e. The molecule has 2 amide bonds. The molecule has 4 aromatic rings. The predicted molar refractivity (Wildman–Crippen MR) is 135 cm³/mol. The van der Waals surface area contributed by atoms with Crippen LogP contribution < -0.4 is 20.5 Å². The first kappa shape index (κ1) is 23.2. The summed E-state index contributed by atoms with van der Waals surface area (Å²) in [7, 11) is 1.57. The van der Waals surface area contributed by atoms with E-state index in [0.29, 0.717) is 27.9 Å². The van der Waals surface area contributed by atoms with Crippen LogP contribution in [0, 0.1) is 5.92 Å². The van der Waals surface area contributed by atoms with E-state index in [1.165, 1.54) is 4.68 Å². The van der Waals surface area contributed by atoms with E-state index >= 15 is 0 Å². The van der Waals surface area contributed by atoms with Crippen LogP contribution in [-0.2, 0) is 22.7 Å². The summed E-state index contributed by atoms with van der Waals surface area (Å²) in [6.07, 6.45) is 3.48. The molecule has 36 heavy (non-hydrogen) atoms. The van der Waals surface area contributed by atoms with Gasteiger partial charge in [-0.05, 0) is 29.8 Å². The van der Waals surface area contributed by atoms with Crippen LogP contribution in [0.25, 0.3) is 10.8 Å². The number of hydrogen-bond acceptors (Lipinski definition) is 6. The van der Waals surface area contributed by atoms with E-state index in [1.54, 1.807) is 54.7 Å². The van der Waals surface area contributed by atoms with Gasteiger partial charge >= 0.3 is 0 Å². The molecule has 5 rings (SSSR count). The third kappa shape index (κ3) is 4.68. The zero-order valence-corrected chi connectivity index (χ0v) is 19.8. The zero-order valence-electron chi connectivity index (χ0n) is 19.8. The van der Waals surface area contributed by atoms with Crippen molar-refractivity contribution in [1.29, 1.82) is 0 Å². The van der Waals surface area contributed by atoms with Gasteiger partial charge in [0, 0.05) is 42.5 Å². The van der Waals surface area contributed by atoms with Crippen LogP contribution in [0.2, 0.25) is 0 Å². The monoisotopic (exact) mass is 483 g/mol. The number of rotatable bonds is 7. The van der Waals surface area contributed by atoms with E-state index in [9.17, 15) is 14.4 Å². The van der Waals surface area contributed by atoms with Gasteiger partial charge in [0.05, 0.1) is 37.2 Å². The van der Waals surface area contributed by atoms with Gasteiger partial charge in [-0.15, -0.1) is 0 Å². The van der Waals surface area contributed by atoms with Crippen LogP contribution in [0.1, 0.15) is 17.7 Å². The Morgan fingerprint density at radius 1 is 1.08 bits per heavy atom. The number of aromatic nitrogens is 3. The van der Waals surface area contributed by atoms with Crippen LogP contribution in [0.5, 0.6) is 5.75 Å². The molecule has 3 heterocycles. The lowest BCUT2D eigenvalue weighted by Gasteiger charge is -2.17. The number of amides is 2. The van der Waals surface area contributed by atoms with Gasteiger partial charge in [-0.25, -0.2) is 4.68 Å². The Bertz CT molecular complexity index is 1480. The third-order valence-electron chi connectivity index (χ3n) is 6.29. The van der Waals surface area contributed by atoms with E-state index in [2.05, 4.69) is 15.4 Å². The van der Waals surface area contributed by atoms with Crippen molar-refractivity contribution in [1.82, 2.24) is 20.1 Å². The minimum absolute atomic E-state index is 0.114. The minimum atomic E-state index is -0.490. The maximum absolute atomic E-state index is 13.0. The molecule has 1 fully saturated rings. The summed E-state index contributed by atoms with van der Waals surface area (Å²) in [5, 5.41) is 8.70. The molecule has 1 saturated heterocycles. The number of methoxy groups -OCH3 is 1. The van der Waals surface area contributed by atoms with Crippen LogP contribution >= 0.6 is 0 Å². The Kier molecular flexibility index (Phi) is 6.44. The molecule has 0 aliphatic carbocycles. The van der Waals surface area contributed by atoms with Gasteiger partial charge in [-0.1, -0.05) is 30.3 Å². The van der Waals surface area contributed by atoms with Crippen LogP contribution in [0.15, 0.2) is 77.9 Å². The topological polar surface area (TPSA) is 106 Å². The first-order valence-corrected chi connectivity index (χ1v) is 11.6. The highest BCUT2D eigenvalue weighted by molar-refractivity contribution is 6.00. The van der Waals surface area contributed by atoms with Crippen molar-refractivity contribution in [3.05, 3.63) is 94.7 Å². The van der Waals surface area contributed by atoms with E-state index in [4.69, 9.17) is 4.74 Å². The summed E-state index contributed by atoms with van der Waals surface area (Å²) in [5.41, 5.74) is 1.92. The van der Waals surface area contributed by atoms with Crippen molar-refractivity contribution >= 4 is 28.3 Å². The first-order chi connectivity index (χ1) is 17.5. The van der Waals surface area contributed by atoms with Gasteiger partial charge in [0.15, 0.2) is 0 Å². The van der Waals surface area contributed by atoms with Crippen molar-refractivity contribution in [2.45, 2.75) is 19.5 Å². The Balaban J connectivity index is 1.34. The number of anilines is 1. The van der Waals surface area contributed by atoms with Crippen molar-refractivity contribution < 1.29 is 14.3 Å². The van der Waals surface area contributed by atoms with Crippen molar-refractivity contribution in [3.8, 4) is 5.75 Å². The number of carbonyl (C=O) groups excluding carboxylic acids is 2. The SMILES string of the molecule is COc1cccc(N2CC(C(=O)NCc3nn(Cc4cccnc4)c(=O)c4ccccc34)CC2=O)c1. The first-order valence-electron chi connectivity index (χ1n) is 11.6. The Labute approximate surface area is 207 Å². The summed E-state index contributed by atoms with van der Waals surface area (Å²) in [6, 6.07) is 18.1. The number of benzene rings is 2. The number of nitrogens with one attached hydrogen (secondary N) is 1. The van der Waals surface area contributed by atoms with Crippen LogP contribution in [0.3, 0.4) is 0 Å². The number of fused-ring (bicyclic) bond motifs is 1. The fourth-order valence-electron chi connectivity index (χ4n) is 4.43. The second-order valence-electron chi connectivity index (χ2n) is 8.64.